The molecule has 14 heavy (non-hydrogen) atoms. The highest BCUT2D eigenvalue weighted by atomic mass is 14.9. The second kappa shape index (κ2) is 3.54. The van der Waals surface area contributed by atoms with Crippen LogP contribution in [-0.4, -0.2) is 4.57 Å². The second-order valence-electron chi connectivity index (χ2n) is 3.27. The molecule has 1 nitrogen and oxygen atoms in total. The molecular formula is C13H13N. The molecule has 1 aromatic heterocycles. The molecule has 1 heterocycles. The molecule has 2 aromatic rings. The van der Waals surface area contributed by atoms with Crippen LogP contribution >= 0.6 is 0 Å². The third kappa shape index (κ3) is 1.37. The van der Waals surface area contributed by atoms with E-state index in [-0.39, 0.29) is 0 Å². The molecular weight excluding hydrogens is 170 g/mol. The van der Waals surface area contributed by atoms with Gasteiger partial charge in [0.25, 0.3) is 0 Å². The first-order valence-electron chi connectivity index (χ1n) is 4.68. The molecule has 2 rings (SSSR count). The monoisotopic (exact) mass is 183 g/mol. The number of rotatable bonds is 2. The molecule has 0 spiro atoms. The molecule has 1 heteroatoms. The molecule has 0 amide bonds. The van der Waals surface area contributed by atoms with Gasteiger partial charge in [0.05, 0.1) is 0 Å². The summed E-state index contributed by atoms with van der Waals surface area (Å²) < 4.78 is 2.03. The van der Waals surface area contributed by atoms with Gasteiger partial charge in [0.15, 0.2) is 0 Å². The summed E-state index contributed by atoms with van der Waals surface area (Å²) in [6.07, 6.45) is 3.85. The first-order chi connectivity index (χ1) is 6.83. The number of hydrogen-bond donors (Lipinski definition) is 0. The van der Waals surface area contributed by atoms with E-state index in [2.05, 4.69) is 43.8 Å². The van der Waals surface area contributed by atoms with Crippen LogP contribution in [0.4, 0.5) is 0 Å². The van der Waals surface area contributed by atoms with Gasteiger partial charge < -0.3 is 4.57 Å². The van der Waals surface area contributed by atoms with Gasteiger partial charge in [-0.3, -0.25) is 0 Å². The molecule has 0 fully saturated rings. The molecule has 0 radical (unpaired) electrons. The zero-order chi connectivity index (χ0) is 9.97. The van der Waals surface area contributed by atoms with E-state index in [0.717, 1.165) is 0 Å². The molecule has 0 aliphatic heterocycles. The Kier molecular flexibility index (Phi) is 2.23. The third-order valence-electron chi connectivity index (χ3n) is 2.46. The lowest BCUT2D eigenvalue weighted by molar-refractivity contribution is 1.09. The van der Waals surface area contributed by atoms with Gasteiger partial charge in [-0.15, -0.1) is 0 Å². The van der Waals surface area contributed by atoms with Crippen molar-refractivity contribution in [3.05, 3.63) is 54.9 Å². The predicted octanol–water partition coefficient (Wildman–Crippen LogP) is 3.56. The van der Waals surface area contributed by atoms with Crippen LogP contribution in [0.25, 0.3) is 17.3 Å². The minimum Gasteiger partial charge on any atom is -0.328 e. The standard InChI is InChI=1S/C13H13N/c1-3-14-10-9-13(11(14)2)12-7-5-4-6-8-12/h3-10H,1H2,2H3. The van der Waals surface area contributed by atoms with Crippen LogP contribution in [-0.2, 0) is 0 Å². The van der Waals surface area contributed by atoms with E-state index in [1.807, 2.05) is 23.0 Å². The number of hydrogen-bond acceptors (Lipinski definition) is 0. The maximum atomic E-state index is 3.76. The first kappa shape index (κ1) is 8.82. The fraction of sp³-hybridized carbons (Fsp3) is 0.0769. The van der Waals surface area contributed by atoms with Gasteiger partial charge in [0.2, 0.25) is 0 Å². The van der Waals surface area contributed by atoms with Crippen molar-refractivity contribution in [1.82, 2.24) is 4.57 Å². The molecule has 0 aliphatic rings. The highest BCUT2D eigenvalue weighted by molar-refractivity contribution is 5.67. The van der Waals surface area contributed by atoms with Crippen molar-refractivity contribution < 1.29 is 0 Å². The Bertz CT molecular complexity index is 438. The topological polar surface area (TPSA) is 4.93 Å². The summed E-state index contributed by atoms with van der Waals surface area (Å²) in [5.74, 6) is 0. The predicted molar refractivity (Wildman–Crippen MR) is 61.0 cm³/mol. The lowest BCUT2D eigenvalue weighted by Gasteiger charge is -2.01. The lowest BCUT2D eigenvalue weighted by atomic mass is 10.1. The van der Waals surface area contributed by atoms with Crippen LogP contribution in [0.1, 0.15) is 5.69 Å². The molecule has 0 atom stereocenters. The SMILES string of the molecule is C=Cn1ccc(-c2ccccc2)c1C. The van der Waals surface area contributed by atoms with E-state index >= 15 is 0 Å². The number of aromatic nitrogens is 1. The van der Waals surface area contributed by atoms with Crippen LogP contribution in [0.5, 0.6) is 0 Å². The Balaban J connectivity index is 2.53. The molecule has 0 bridgehead atoms. The normalized spacial score (nSPS) is 10.1. The summed E-state index contributed by atoms with van der Waals surface area (Å²) in [6.45, 7) is 5.86. The van der Waals surface area contributed by atoms with Crippen molar-refractivity contribution >= 4 is 6.20 Å². The van der Waals surface area contributed by atoms with Crippen molar-refractivity contribution in [2.24, 2.45) is 0 Å². The Hall–Kier alpha value is -1.76. The van der Waals surface area contributed by atoms with E-state index in [0.29, 0.717) is 0 Å². The largest absolute Gasteiger partial charge is 0.328 e. The van der Waals surface area contributed by atoms with Gasteiger partial charge in [0, 0.05) is 23.7 Å². The van der Waals surface area contributed by atoms with Gasteiger partial charge in [0.1, 0.15) is 0 Å². The fourth-order valence-corrected chi connectivity index (χ4v) is 1.65. The smallest absolute Gasteiger partial charge is 0.0268 e. The Morgan fingerprint density at radius 3 is 2.43 bits per heavy atom. The average molecular weight is 183 g/mol. The van der Waals surface area contributed by atoms with Crippen LogP contribution in [0, 0.1) is 6.92 Å². The van der Waals surface area contributed by atoms with Gasteiger partial charge in [-0.1, -0.05) is 36.9 Å². The van der Waals surface area contributed by atoms with Crippen molar-refractivity contribution in [3.8, 4) is 11.1 Å². The number of benzene rings is 1. The van der Waals surface area contributed by atoms with E-state index in [1.165, 1.54) is 16.8 Å². The van der Waals surface area contributed by atoms with E-state index in [1.54, 1.807) is 0 Å². The van der Waals surface area contributed by atoms with Crippen molar-refractivity contribution in [3.63, 3.8) is 0 Å². The summed E-state index contributed by atoms with van der Waals surface area (Å²) in [5.41, 5.74) is 3.75. The van der Waals surface area contributed by atoms with Gasteiger partial charge in [-0.05, 0) is 18.6 Å². The van der Waals surface area contributed by atoms with Crippen LogP contribution in [0.3, 0.4) is 0 Å². The third-order valence-corrected chi connectivity index (χ3v) is 2.46. The molecule has 0 saturated carbocycles. The number of nitrogens with zero attached hydrogens (tertiary/aromatic N) is 1. The van der Waals surface area contributed by atoms with E-state index in [9.17, 15) is 0 Å². The lowest BCUT2D eigenvalue weighted by Crippen LogP contribution is -1.86. The summed E-state index contributed by atoms with van der Waals surface area (Å²) in [4.78, 5) is 0. The zero-order valence-corrected chi connectivity index (χ0v) is 8.27. The van der Waals surface area contributed by atoms with Crippen LogP contribution in [0.15, 0.2) is 49.2 Å². The maximum absolute atomic E-state index is 3.76. The molecule has 70 valence electrons. The molecule has 0 saturated heterocycles. The average Bonchev–Trinajstić information content (AvgIpc) is 2.61. The van der Waals surface area contributed by atoms with Gasteiger partial charge >= 0.3 is 0 Å². The highest BCUT2D eigenvalue weighted by Crippen LogP contribution is 2.23. The van der Waals surface area contributed by atoms with E-state index < -0.39 is 0 Å². The van der Waals surface area contributed by atoms with Crippen molar-refractivity contribution in [1.29, 1.82) is 0 Å². The van der Waals surface area contributed by atoms with Crippen molar-refractivity contribution in [2.45, 2.75) is 6.92 Å². The second-order valence-corrected chi connectivity index (χ2v) is 3.27. The summed E-state index contributed by atoms with van der Waals surface area (Å²) >= 11 is 0. The maximum Gasteiger partial charge on any atom is 0.0268 e. The molecule has 0 N–H and O–H groups in total. The fourth-order valence-electron chi connectivity index (χ4n) is 1.65. The summed E-state index contributed by atoms with van der Waals surface area (Å²) in [7, 11) is 0. The summed E-state index contributed by atoms with van der Waals surface area (Å²) in [5, 5.41) is 0. The van der Waals surface area contributed by atoms with Gasteiger partial charge in [-0.25, -0.2) is 0 Å². The van der Waals surface area contributed by atoms with Crippen molar-refractivity contribution in [2.75, 3.05) is 0 Å². The summed E-state index contributed by atoms with van der Waals surface area (Å²) in [6, 6.07) is 12.5. The quantitative estimate of drug-likeness (QED) is 0.670. The van der Waals surface area contributed by atoms with Crippen LogP contribution < -0.4 is 0 Å². The minimum atomic E-state index is 1.23. The Labute approximate surface area is 84.3 Å². The Morgan fingerprint density at radius 1 is 1.14 bits per heavy atom. The van der Waals surface area contributed by atoms with E-state index in [4.69, 9.17) is 0 Å². The molecule has 1 aromatic carbocycles. The molecule has 0 unspecified atom stereocenters. The minimum absolute atomic E-state index is 1.23. The zero-order valence-electron chi connectivity index (χ0n) is 8.27. The van der Waals surface area contributed by atoms with Crippen LogP contribution in [0.2, 0.25) is 0 Å². The van der Waals surface area contributed by atoms with Gasteiger partial charge in [-0.2, -0.15) is 0 Å². The first-order valence-corrected chi connectivity index (χ1v) is 4.68. The Morgan fingerprint density at radius 2 is 1.86 bits per heavy atom. The highest BCUT2D eigenvalue weighted by Gasteiger charge is 2.03. The molecule has 0 aliphatic carbocycles.